The Bertz CT molecular complexity index is 389. The Morgan fingerprint density at radius 2 is 2.53 bits per heavy atom. The van der Waals surface area contributed by atoms with Crippen LogP contribution < -0.4 is 10.9 Å². The van der Waals surface area contributed by atoms with Crippen LogP contribution in [0.4, 0.5) is 5.82 Å². The summed E-state index contributed by atoms with van der Waals surface area (Å²) in [4.78, 5) is 17.9. The maximum absolute atomic E-state index is 11.3. The Morgan fingerprint density at radius 3 is 3.27 bits per heavy atom. The number of rotatable bonds is 2. The standard InChI is InChI=1S/C9H12BrN3OS/c10-7-8(11-5-12-9(7)14)13-6-2-1-3-15-4-6/h5-6H,1-4H2,(H2,11,12,13,14). The SMILES string of the molecule is O=c1[nH]cnc(NC2CCCSC2)c1Br. The van der Waals surface area contributed by atoms with Crippen molar-refractivity contribution in [3.05, 3.63) is 21.2 Å². The van der Waals surface area contributed by atoms with Gasteiger partial charge in [-0.2, -0.15) is 11.8 Å². The molecule has 0 radical (unpaired) electrons. The Balaban J connectivity index is 2.09. The van der Waals surface area contributed by atoms with Crippen molar-refractivity contribution in [2.24, 2.45) is 0 Å². The predicted octanol–water partition coefficient (Wildman–Crippen LogP) is 1.84. The monoisotopic (exact) mass is 289 g/mol. The molecule has 1 aliphatic heterocycles. The van der Waals surface area contributed by atoms with E-state index in [1.165, 1.54) is 18.5 Å². The first-order chi connectivity index (χ1) is 7.27. The van der Waals surface area contributed by atoms with Gasteiger partial charge in [0.05, 0.1) is 6.33 Å². The summed E-state index contributed by atoms with van der Waals surface area (Å²) >= 11 is 5.17. The highest BCUT2D eigenvalue weighted by molar-refractivity contribution is 9.10. The van der Waals surface area contributed by atoms with Crippen LogP contribution in [-0.2, 0) is 0 Å². The lowest BCUT2D eigenvalue weighted by molar-refractivity contribution is 0.681. The number of hydrogen-bond acceptors (Lipinski definition) is 4. The zero-order valence-corrected chi connectivity index (χ0v) is 10.5. The molecule has 1 fully saturated rings. The molecular weight excluding hydrogens is 278 g/mol. The van der Waals surface area contributed by atoms with E-state index in [4.69, 9.17) is 0 Å². The van der Waals surface area contributed by atoms with Crippen molar-refractivity contribution in [1.82, 2.24) is 9.97 Å². The largest absolute Gasteiger partial charge is 0.365 e. The molecular formula is C9H12BrN3OS. The van der Waals surface area contributed by atoms with Crippen LogP contribution in [-0.4, -0.2) is 27.5 Å². The minimum Gasteiger partial charge on any atom is -0.365 e. The van der Waals surface area contributed by atoms with Gasteiger partial charge < -0.3 is 10.3 Å². The second-order valence-corrected chi connectivity index (χ2v) is 5.40. The van der Waals surface area contributed by atoms with Crippen LogP contribution in [0.5, 0.6) is 0 Å². The maximum Gasteiger partial charge on any atom is 0.267 e. The van der Waals surface area contributed by atoms with Gasteiger partial charge >= 0.3 is 0 Å². The lowest BCUT2D eigenvalue weighted by atomic mass is 10.2. The van der Waals surface area contributed by atoms with Crippen molar-refractivity contribution in [3.8, 4) is 0 Å². The fourth-order valence-corrected chi connectivity index (χ4v) is 2.93. The number of aromatic nitrogens is 2. The van der Waals surface area contributed by atoms with E-state index in [1.807, 2.05) is 11.8 Å². The van der Waals surface area contributed by atoms with Crippen LogP contribution >= 0.6 is 27.7 Å². The fraction of sp³-hybridized carbons (Fsp3) is 0.556. The van der Waals surface area contributed by atoms with E-state index in [2.05, 4.69) is 31.2 Å². The lowest BCUT2D eigenvalue weighted by Crippen LogP contribution is -2.27. The van der Waals surface area contributed by atoms with Gasteiger partial charge in [0.15, 0.2) is 0 Å². The first kappa shape index (κ1) is 11.0. The van der Waals surface area contributed by atoms with Crippen molar-refractivity contribution >= 4 is 33.5 Å². The van der Waals surface area contributed by atoms with Gasteiger partial charge in [-0.3, -0.25) is 4.79 Å². The summed E-state index contributed by atoms with van der Waals surface area (Å²) in [7, 11) is 0. The third kappa shape index (κ3) is 2.75. The van der Waals surface area contributed by atoms with Gasteiger partial charge in [0.2, 0.25) is 0 Å². The number of halogens is 1. The first-order valence-corrected chi connectivity index (χ1v) is 6.79. The molecule has 0 amide bonds. The van der Waals surface area contributed by atoms with Gasteiger partial charge in [0, 0.05) is 11.8 Å². The fourth-order valence-electron chi connectivity index (χ4n) is 1.53. The van der Waals surface area contributed by atoms with E-state index in [9.17, 15) is 4.79 Å². The predicted molar refractivity (Wildman–Crippen MR) is 66.5 cm³/mol. The van der Waals surface area contributed by atoms with Gasteiger partial charge in [-0.1, -0.05) is 0 Å². The molecule has 0 bridgehead atoms. The molecule has 0 saturated carbocycles. The highest BCUT2D eigenvalue weighted by atomic mass is 79.9. The van der Waals surface area contributed by atoms with Gasteiger partial charge in [-0.05, 0) is 34.5 Å². The molecule has 1 saturated heterocycles. The molecule has 2 heterocycles. The molecule has 1 aromatic heterocycles. The molecule has 0 spiro atoms. The second-order valence-electron chi connectivity index (χ2n) is 3.45. The molecule has 1 aliphatic rings. The van der Waals surface area contributed by atoms with Crippen molar-refractivity contribution < 1.29 is 0 Å². The molecule has 2 N–H and O–H groups in total. The Labute approximate surface area is 100 Å². The van der Waals surface area contributed by atoms with Crippen molar-refractivity contribution in [2.75, 3.05) is 16.8 Å². The van der Waals surface area contributed by atoms with E-state index in [0.29, 0.717) is 16.3 Å². The highest BCUT2D eigenvalue weighted by Crippen LogP contribution is 2.22. The van der Waals surface area contributed by atoms with Gasteiger partial charge in [-0.15, -0.1) is 0 Å². The number of nitrogens with zero attached hydrogens (tertiary/aromatic N) is 1. The summed E-state index contributed by atoms with van der Waals surface area (Å²) in [6.07, 6.45) is 3.79. The summed E-state index contributed by atoms with van der Waals surface area (Å²) < 4.78 is 0.487. The highest BCUT2D eigenvalue weighted by Gasteiger charge is 2.15. The molecule has 82 valence electrons. The zero-order valence-electron chi connectivity index (χ0n) is 8.12. The average molecular weight is 290 g/mol. The van der Waals surface area contributed by atoms with Crippen LogP contribution in [0.15, 0.2) is 15.6 Å². The Hall–Kier alpha value is -0.490. The van der Waals surface area contributed by atoms with Gasteiger partial charge in [0.25, 0.3) is 5.56 Å². The maximum atomic E-state index is 11.3. The molecule has 1 unspecified atom stereocenters. The molecule has 15 heavy (non-hydrogen) atoms. The number of anilines is 1. The van der Waals surface area contributed by atoms with Crippen LogP contribution in [0.25, 0.3) is 0 Å². The second kappa shape index (κ2) is 5.03. The van der Waals surface area contributed by atoms with Gasteiger partial charge in [-0.25, -0.2) is 4.98 Å². The van der Waals surface area contributed by atoms with E-state index in [0.717, 1.165) is 12.2 Å². The average Bonchev–Trinajstić information content (AvgIpc) is 2.26. The third-order valence-corrected chi connectivity index (χ3v) is 4.25. The summed E-state index contributed by atoms with van der Waals surface area (Å²) in [6.45, 7) is 0. The van der Waals surface area contributed by atoms with E-state index in [-0.39, 0.29) is 5.56 Å². The molecule has 1 atom stereocenters. The minimum atomic E-state index is -0.143. The summed E-state index contributed by atoms with van der Waals surface area (Å²) in [5.41, 5.74) is -0.143. The van der Waals surface area contributed by atoms with E-state index in [1.54, 1.807) is 0 Å². The topological polar surface area (TPSA) is 57.8 Å². The van der Waals surface area contributed by atoms with Crippen molar-refractivity contribution in [1.29, 1.82) is 0 Å². The first-order valence-electron chi connectivity index (χ1n) is 4.85. The number of aromatic amines is 1. The molecule has 0 aromatic carbocycles. The summed E-state index contributed by atoms with van der Waals surface area (Å²) in [5.74, 6) is 2.97. The van der Waals surface area contributed by atoms with Crippen LogP contribution in [0, 0.1) is 0 Å². The lowest BCUT2D eigenvalue weighted by Gasteiger charge is -2.23. The van der Waals surface area contributed by atoms with E-state index >= 15 is 0 Å². The number of nitrogens with one attached hydrogen (secondary N) is 2. The number of thioether (sulfide) groups is 1. The number of H-pyrrole nitrogens is 1. The molecule has 1 aromatic rings. The Morgan fingerprint density at radius 1 is 1.67 bits per heavy atom. The van der Waals surface area contributed by atoms with Gasteiger partial charge in [0.1, 0.15) is 10.3 Å². The Kier molecular flexibility index (Phi) is 3.69. The molecule has 6 heteroatoms. The summed E-state index contributed by atoms with van der Waals surface area (Å²) in [5, 5.41) is 3.29. The zero-order chi connectivity index (χ0) is 10.7. The molecule has 4 nitrogen and oxygen atoms in total. The summed E-state index contributed by atoms with van der Waals surface area (Å²) in [6, 6.07) is 0.425. The molecule has 0 aliphatic carbocycles. The smallest absolute Gasteiger partial charge is 0.267 e. The van der Waals surface area contributed by atoms with Crippen LogP contribution in [0.2, 0.25) is 0 Å². The normalized spacial score (nSPS) is 21.3. The third-order valence-electron chi connectivity index (χ3n) is 2.30. The minimum absolute atomic E-state index is 0.143. The van der Waals surface area contributed by atoms with Crippen molar-refractivity contribution in [3.63, 3.8) is 0 Å². The van der Waals surface area contributed by atoms with Crippen LogP contribution in [0.1, 0.15) is 12.8 Å². The quantitative estimate of drug-likeness (QED) is 0.872. The van der Waals surface area contributed by atoms with E-state index < -0.39 is 0 Å². The molecule has 2 rings (SSSR count). The van der Waals surface area contributed by atoms with Crippen molar-refractivity contribution in [2.45, 2.75) is 18.9 Å². The number of hydrogen-bond donors (Lipinski definition) is 2. The van der Waals surface area contributed by atoms with Crippen LogP contribution in [0.3, 0.4) is 0 Å².